The number of rotatable bonds is 2. The molecule has 1 aromatic carbocycles. The predicted molar refractivity (Wildman–Crippen MR) is 102 cm³/mol. The van der Waals surface area contributed by atoms with Gasteiger partial charge in [-0.3, -0.25) is 0 Å². The number of benzene rings is 1. The van der Waals surface area contributed by atoms with E-state index >= 15 is 0 Å². The van der Waals surface area contributed by atoms with Crippen LogP contribution in [0.1, 0.15) is 29.4 Å². The number of hydrogen-bond acceptors (Lipinski definition) is 1. The van der Waals surface area contributed by atoms with Gasteiger partial charge in [0, 0.05) is 55.7 Å². The molecule has 0 aliphatic carbocycles. The van der Waals surface area contributed by atoms with E-state index < -0.39 is 0 Å². The minimum absolute atomic E-state index is 1.04. The van der Waals surface area contributed by atoms with Crippen molar-refractivity contribution in [1.82, 2.24) is 14.0 Å². The minimum atomic E-state index is 1.04. The molecule has 0 N–H and O–H groups in total. The topological polar surface area (TPSA) is 13.1 Å². The summed E-state index contributed by atoms with van der Waals surface area (Å²) in [6.07, 6.45) is 5.53. The lowest BCUT2D eigenvalue weighted by Gasteiger charge is -2.23. The fraction of sp³-hybridized carbons (Fsp3) is 0.333. The standard InChI is InChI=1S/C21H25N3/c1-15-7-8-20-17(12-15)18-14-22(3)11-9-21(18)24(20)13-16(2)19-6-5-10-23(19)4/h5-8,10,12-13H,9,11,14H2,1-4H3/b16-13-. The van der Waals surface area contributed by atoms with Crippen LogP contribution >= 0.6 is 0 Å². The van der Waals surface area contributed by atoms with E-state index in [1.165, 1.54) is 39.0 Å². The second-order valence-corrected chi connectivity index (χ2v) is 7.12. The van der Waals surface area contributed by atoms with E-state index in [1.54, 1.807) is 0 Å². The van der Waals surface area contributed by atoms with Gasteiger partial charge in [0.1, 0.15) is 0 Å². The fourth-order valence-electron chi connectivity index (χ4n) is 3.92. The summed E-state index contributed by atoms with van der Waals surface area (Å²) in [7, 11) is 4.32. The average Bonchev–Trinajstić information content (AvgIpc) is 3.10. The van der Waals surface area contributed by atoms with Gasteiger partial charge in [0.15, 0.2) is 0 Å². The zero-order valence-corrected chi connectivity index (χ0v) is 15.0. The maximum Gasteiger partial charge on any atom is 0.0529 e. The Kier molecular flexibility index (Phi) is 3.61. The van der Waals surface area contributed by atoms with E-state index in [2.05, 4.69) is 84.7 Å². The van der Waals surface area contributed by atoms with Crippen LogP contribution in [0.3, 0.4) is 0 Å². The number of hydrogen-bond donors (Lipinski definition) is 0. The van der Waals surface area contributed by atoms with Crippen LogP contribution in [0.4, 0.5) is 0 Å². The molecule has 0 spiro atoms. The Balaban J connectivity index is 1.94. The summed E-state index contributed by atoms with van der Waals surface area (Å²) in [5.41, 5.74) is 8.20. The number of fused-ring (bicyclic) bond motifs is 3. The first-order valence-corrected chi connectivity index (χ1v) is 8.65. The molecule has 3 heteroatoms. The summed E-state index contributed by atoms with van der Waals surface area (Å²) in [6, 6.07) is 11.1. The van der Waals surface area contributed by atoms with E-state index in [0.717, 1.165) is 19.5 Å². The quantitative estimate of drug-likeness (QED) is 0.686. The molecule has 0 saturated heterocycles. The fourth-order valence-corrected chi connectivity index (χ4v) is 3.92. The van der Waals surface area contributed by atoms with Crippen LogP contribution in [0.2, 0.25) is 0 Å². The van der Waals surface area contributed by atoms with E-state index in [1.807, 2.05) is 0 Å². The van der Waals surface area contributed by atoms with Gasteiger partial charge < -0.3 is 14.0 Å². The molecule has 124 valence electrons. The van der Waals surface area contributed by atoms with Gasteiger partial charge in [-0.2, -0.15) is 0 Å². The molecule has 4 rings (SSSR count). The van der Waals surface area contributed by atoms with Crippen LogP contribution in [0.5, 0.6) is 0 Å². The van der Waals surface area contributed by atoms with Gasteiger partial charge in [-0.1, -0.05) is 11.6 Å². The summed E-state index contributed by atoms with van der Waals surface area (Å²) >= 11 is 0. The van der Waals surface area contributed by atoms with Crippen molar-refractivity contribution in [3.05, 3.63) is 59.0 Å². The van der Waals surface area contributed by atoms with Crippen molar-refractivity contribution in [3.8, 4) is 0 Å². The van der Waals surface area contributed by atoms with Crippen molar-refractivity contribution in [3.63, 3.8) is 0 Å². The van der Waals surface area contributed by atoms with E-state index in [9.17, 15) is 0 Å². The second-order valence-electron chi connectivity index (χ2n) is 7.12. The molecule has 0 unspecified atom stereocenters. The summed E-state index contributed by atoms with van der Waals surface area (Å²) in [5.74, 6) is 0. The Morgan fingerprint density at radius 2 is 2.00 bits per heavy atom. The smallest absolute Gasteiger partial charge is 0.0529 e. The molecule has 0 bridgehead atoms. The maximum absolute atomic E-state index is 2.43. The predicted octanol–water partition coefficient (Wildman–Crippen LogP) is 4.29. The van der Waals surface area contributed by atoms with E-state index in [4.69, 9.17) is 0 Å². The van der Waals surface area contributed by atoms with Crippen molar-refractivity contribution in [2.75, 3.05) is 13.6 Å². The molecule has 3 nitrogen and oxygen atoms in total. The van der Waals surface area contributed by atoms with Crippen molar-refractivity contribution >= 4 is 22.7 Å². The minimum Gasteiger partial charge on any atom is -0.351 e. The number of likely N-dealkylation sites (N-methyl/N-ethyl adjacent to an activating group) is 1. The molecular formula is C21H25N3. The zero-order chi connectivity index (χ0) is 16.8. The van der Waals surface area contributed by atoms with Crippen LogP contribution < -0.4 is 0 Å². The molecule has 24 heavy (non-hydrogen) atoms. The van der Waals surface area contributed by atoms with Gasteiger partial charge in [-0.15, -0.1) is 0 Å². The molecular weight excluding hydrogens is 294 g/mol. The zero-order valence-electron chi connectivity index (χ0n) is 15.0. The lowest BCUT2D eigenvalue weighted by Crippen LogP contribution is -2.26. The van der Waals surface area contributed by atoms with Crippen LogP contribution in [0.25, 0.3) is 22.7 Å². The van der Waals surface area contributed by atoms with Gasteiger partial charge in [-0.25, -0.2) is 0 Å². The van der Waals surface area contributed by atoms with Gasteiger partial charge in [-0.05, 0) is 56.3 Å². The lowest BCUT2D eigenvalue weighted by atomic mass is 10.0. The highest BCUT2D eigenvalue weighted by atomic mass is 15.1. The van der Waals surface area contributed by atoms with Crippen molar-refractivity contribution < 1.29 is 0 Å². The average molecular weight is 319 g/mol. The van der Waals surface area contributed by atoms with E-state index in [0.29, 0.717) is 0 Å². The van der Waals surface area contributed by atoms with Crippen LogP contribution in [0, 0.1) is 6.92 Å². The molecule has 0 saturated carbocycles. The van der Waals surface area contributed by atoms with E-state index in [-0.39, 0.29) is 0 Å². The van der Waals surface area contributed by atoms with Crippen molar-refractivity contribution in [1.29, 1.82) is 0 Å². The monoisotopic (exact) mass is 319 g/mol. The third kappa shape index (κ3) is 2.40. The number of aryl methyl sites for hydroxylation is 2. The van der Waals surface area contributed by atoms with Crippen LogP contribution in [0.15, 0.2) is 36.5 Å². The molecule has 3 heterocycles. The second kappa shape index (κ2) is 5.67. The first-order valence-electron chi connectivity index (χ1n) is 8.65. The Bertz CT molecular complexity index is 940. The Hall–Kier alpha value is -2.26. The van der Waals surface area contributed by atoms with Crippen molar-refractivity contribution in [2.24, 2.45) is 7.05 Å². The van der Waals surface area contributed by atoms with Gasteiger partial charge >= 0.3 is 0 Å². The molecule has 1 aliphatic rings. The third-order valence-corrected chi connectivity index (χ3v) is 5.20. The highest BCUT2D eigenvalue weighted by molar-refractivity contribution is 5.90. The molecule has 0 radical (unpaired) electrons. The molecule has 3 aromatic rings. The first kappa shape index (κ1) is 15.3. The summed E-state index contributed by atoms with van der Waals surface area (Å²) in [6.45, 7) is 6.55. The van der Waals surface area contributed by atoms with Gasteiger partial charge in [0.05, 0.1) is 5.52 Å². The normalized spacial score (nSPS) is 15.9. The Morgan fingerprint density at radius 1 is 1.17 bits per heavy atom. The number of nitrogens with zero attached hydrogens (tertiary/aromatic N) is 3. The first-order chi connectivity index (χ1) is 11.5. The molecule has 0 atom stereocenters. The largest absolute Gasteiger partial charge is 0.351 e. The number of aromatic nitrogens is 2. The Morgan fingerprint density at radius 3 is 2.75 bits per heavy atom. The SMILES string of the molecule is C/C(=C/n1c2c(c3cc(C)ccc31)CN(C)CC2)c1cccn1C. The Labute approximate surface area is 143 Å². The molecule has 2 aromatic heterocycles. The van der Waals surface area contributed by atoms with Crippen LogP contribution in [-0.2, 0) is 20.0 Å². The molecule has 1 aliphatic heterocycles. The van der Waals surface area contributed by atoms with Gasteiger partial charge in [0.25, 0.3) is 0 Å². The maximum atomic E-state index is 2.43. The van der Waals surface area contributed by atoms with Crippen molar-refractivity contribution in [2.45, 2.75) is 26.8 Å². The third-order valence-electron chi connectivity index (χ3n) is 5.20. The van der Waals surface area contributed by atoms with Crippen LogP contribution in [-0.4, -0.2) is 27.6 Å². The summed E-state index contributed by atoms with van der Waals surface area (Å²) < 4.78 is 4.61. The molecule has 0 fully saturated rings. The lowest BCUT2D eigenvalue weighted by molar-refractivity contribution is 0.312. The highest BCUT2D eigenvalue weighted by Crippen LogP contribution is 2.32. The molecule has 0 amide bonds. The summed E-state index contributed by atoms with van der Waals surface area (Å²) in [5, 5.41) is 1.41. The van der Waals surface area contributed by atoms with Gasteiger partial charge in [0.2, 0.25) is 0 Å². The highest BCUT2D eigenvalue weighted by Gasteiger charge is 2.21. The number of allylic oxidation sites excluding steroid dienone is 1. The summed E-state index contributed by atoms with van der Waals surface area (Å²) in [4.78, 5) is 2.42.